The smallest absolute Gasteiger partial charge is 0.254 e. The molecule has 0 radical (unpaired) electrons. The zero-order valence-corrected chi connectivity index (χ0v) is 15.7. The van der Waals surface area contributed by atoms with Crippen LogP contribution >= 0.6 is 0 Å². The molecule has 0 spiro atoms. The number of amides is 1. The van der Waals surface area contributed by atoms with Gasteiger partial charge in [-0.15, -0.1) is 0 Å². The Morgan fingerprint density at radius 3 is 2.65 bits per heavy atom. The van der Waals surface area contributed by atoms with E-state index in [1.807, 2.05) is 32.3 Å². The fourth-order valence-electron chi connectivity index (χ4n) is 2.38. The highest BCUT2D eigenvalue weighted by Crippen LogP contribution is 2.13. The van der Waals surface area contributed by atoms with Crippen LogP contribution in [0.25, 0.3) is 0 Å². The molecular formula is C19H27N5O2. The fraction of sp³-hybridized carbons (Fsp3) is 0.421. The lowest BCUT2D eigenvalue weighted by Gasteiger charge is -2.10. The predicted octanol–water partition coefficient (Wildman–Crippen LogP) is 1.82. The van der Waals surface area contributed by atoms with Crippen molar-refractivity contribution in [1.82, 2.24) is 20.2 Å². The van der Waals surface area contributed by atoms with Crippen molar-refractivity contribution in [3.63, 3.8) is 0 Å². The average Bonchev–Trinajstić information content (AvgIpc) is 2.65. The van der Waals surface area contributed by atoms with E-state index in [2.05, 4.69) is 31.6 Å². The summed E-state index contributed by atoms with van der Waals surface area (Å²) >= 11 is 0. The minimum absolute atomic E-state index is 0.147. The summed E-state index contributed by atoms with van der Waals surface area (Å²) in [5.41, 5.74) is 1.64. The van der Waals surface area contributed by atoms with E-state index in [0.29, 0.717) is 24.6 Å². The molecule has 0 aliphatic rings. The molecule has 0 saturated carbocycles. The Bertz CT molecular complexity index is 689. The van der Waals surface area contributed by atoms with Crippen LogP contribution in [0.4, 0.5) is 5.95 Å². The number of ether oxygens (including phenoxy) is 1. The van der Waals surface area contributed by atoms with Crippen LogP contribution in [0.3, 0.4) is 0 Å². The van der Waals surface area contributed by atoms with Gasteiger partial charge in [-0.3, -0.25) is 4.79 Å². The maximum absolute atomic E-state index is 12.0. The van der Waals surface area contributed by atoms with Crippen molar-refractivity contribution in [2.45, 2.75) is 12.8 Å². The molecule has 2 N–H and O–H groups in total. The van der Waals surface area contributed by atoms with Crippen LogP contribution in [-0.2, 0) is 6.42 Å². The summed E-state index contributed by atoms with van der Waals surface area (Å²) in [6, 6.07) is 7.95. The van der Waals surface area contributed by atoms with E-state index in [1.54, 1.807) is 19.5 Å². The van der Waals surface area contributed by atoms with Crippen LogP contribution in [0.2, 0.25) is 0 Å². The maximum atomic E-state index is 12.0. The quantitative estimate of drug-likeness (QED) is 0.632. The van der Waals surface area contributed by atoms with Gasteiger partial charge >= 0.3 is 0 Å². The normalized spacial score (nSPS) is 10.6. The number of hydrogen-bond donors (Lipinski definition) is 2. The molecule has 0 aliphatic heterocycles. The van der Waals surface area contributed by atoms with Gasteiger partial charge in [0, 0.05) is 25.5 Å². The van der Waals surface area contributed by atoms with Gasteiger partial charge in [0.25, 0.3) is 5.91 Å². The summed E-state index contributed by atoms with van der Waals surface area (Å²) < 4.78 is 5.22. The second-order valence-corrected chi connectivity index (χ2v) is 6.24. The number of anilines is 1. The van der Waals surface area contributed by atoms with E-state index < -0.39 is 0 Å². The summed E-state index contributed by atoms with van der Waals surface area (Å²) in [5, 5.41) is 6.03. The molecule has 1 heterocycles. The van der Waals surface area contributed by atoms with Crippen molar-refractivity contribution in [1.29, 1.82) is 0 Å². The molecule has 26 heavy (non-hydrogen) atoms. The highest BCUT2D eigenvalue weighted by Gasteiger charge is 2.06. The minimum Gasteiger partial charge on any atom is -0.497 e. The number of rotatable bonds is 10. The summed E-state index contributed by atoms with van der Waals surface area (Å²) in [6.45, 7) is 2.27. The number of aromatic nitrogens is 2. The van der Waals surface area contributed by atoms with Crippen molar-refractivity contribution in [3.05, 3.63) is 47.8 Å². The maximum Gasteiger partial charge on any atom is 0.254 e. The summed E-state index contributed by atoms with van der Waals surface area (Å²) in [4.78, 5) is 22.5. The first-order chi connectivity index (χ1) is 12.6. The van der Waals surface area contributed by atoms with Gasteiger partial charge < -0.3 is 20.3 Å². The number of nitrogens with zero attached hydrogens (tertiary/aromatic N) is 3. The third-order valence-corrected chi connectivity index (χ3v) is 3.81. The molecule has 7 nitrogen and oxygen atoms in total. The highest BCUT2D eigenvalue weighted by atomic mass is 16.5. The van der Waals surface area contributed by atoms with Gasteiger partial charge in [0.15, 0.2) is 0 Å². The van der Waals surface area contributed by atoms with Crippen molar-refractivity contribution in [3.8, 4) is 5.75 Å². The van der Waals surface area contributed by atoms with Gasteiger partial charge in [0.05, 0.1) is 12.7 Å². The second-order valence-electron chi connectivity index (χ2n) is 6.24. The second kappa shape index (κ2) is 10.4. The molecule has 1 aromatic carbocycles. The van der Waals surface area contributed by atoms with Crippen LogP contribution in [0.1, 0.15) is 22.3 Å². The first-order valence-corrected chi connectivity index (χ1v) is 8.70. The van der Waals surface area contributed by atoms with Crippen LogP contribution < -0.4 is 15.4 Å². The van der Waals surface area contributed by atoms with Gasteiger partial charge in [0.1, 0.15) is 5.75 Å². The van der Waals surface area contributed by atoms with Crippen molar-refractivity contribution in [2.24, 2.45) is 0 Å². The topological polar surface area (TPSA) is 79.4 Å². The molecule has 0 bridgehead atoms. The molecule has 140 valence electrons. The van der Waals surface area contributed by atoms with E-state index in [4.69, 9.17) is 4.74 Å². The molecule has 0 aliphatic carbocycles. The summed E-state index contributed by atoms with van der Waals surface area (Å²) in [5.74, 6) is 1.21. The molecule has 1 aromatic heterocycles. The lowest BCUT2D eigenvalue weighted by atomic mass is 10.1. The molecule has 7 heteroatoms. The lowest BCUT2D eigenvalue weighted by molar-refractivity contribution is 0.0951. The Balaban J connectivity index is 1.75. The van der Waals surface area contributed by atoms with Crippen LogP contribution in [0.15, 0.2) is 36.7 Å². The Kier molecular flexibility index (Phi) is 7.82. The van der Waals surface area contributed by atoms with Crippen molar-refractivity contribution >= 4 is 11.9 Å². The predicted molar refractivity (Wildman–Crippen MR) is 103 cm³/mol. The molecule has 0 atom stereocenters. The molecule has 0 fully saturated rings. The lowest BCUT2D eigenvalue weighted by Crippen LogP contribution is -2.27. The van der Waals surface area contributed by atoms with E-state index in [-0.39, 0.29) is 5.91 Å². The molecular weight excluding hydrogens is 330 g/mol. The van der Waals surface area contributed by atoms with Gasteiger partial charge in [-0.1, -0.05) is 12.1 Å². The van der Waals surface area contributed by atoms with Crippen LogP contribution in [0, 0.1) is 0 Å². The Labute approximate surface area is 154 Å². The van der Waals surface area contributed by atoms with Gasteiger partial charge in [0.2, 0.25) is 5.95 Å². The number of carbonyl (C=O) groups is 1. The largest absolute Gasteiger partial charge is 0.497 e. The third-order valence-electron chi connectivity index (χ3n) is 3.81. The Morgan fingerprint density at radius 2 is 1.96 bits per heavy atom. The van der Waals surface area contributed by atoms with Crippen molar-refractivity contribution in [2.75, 3.05) is 46.2 Å². The van der Waals surface area contributed by atoms with E-state index in [1.165, 1.54) is 5.56 Å². The number of methoxy groups -OCH3 is 1. The first kappa shape index (κ1) is 19.7. The highest BCUT2D eigenvalue weighted by molar-refractivity contribution is 5.93. The molecule has 2 rings (SSSR count). The molecule has 2 aromatic rings. The monoisotopic (exact) mass is 357 g/mol. The van der Waals surface area contributed by atoms with Gasteiger partial charge in [-0.25, -0.2) is 9.97 Å². The van der Waals surface area contributed by atoms with Gasteiger partial charge in [-0.05, 0) is 51.2 Å². The molecule has 0 saturated heterocycles. The standard InChI is InChI=1S/C19H27N5O2/c1-24(2)11-5-9-20-18(25)16-13-22-19(23-14-16)21-10-8-15-6-4-7-17(12-15)26-3/h4,6-7,12-14H,5,8-11H2,1-3H3,(H,20,25)(H,21,22,23). The zero-order valence-electron chi connectivity index (χ0n) is 15.7. The number of hydrogen-bond acceptors (Lipinski definition) is 6. The minimum atomic E-state index is -0.147. The van der Waals surface area contributed by atoms with Crippen LogP contribution in [-0.4, -0.2) is 61.6 Å². The Morgan fingerprint density at radius 1 is 1.19 bits per heavy atom. The number of nitrogens with one attached hydrogen (secondary N) is 2. The van der Waals surface area contributed by atoms with E-state index >= 15 is 0 Å². The van der Waals surface area contributed by atoms with Crippen molar-refractivity contribution < 1.29 is 9.53 Å². The number of carbonyl (C=O) groups excluding carboxylic acids is 1. The zero-order chi connectivity index (χ0) is 18.8. The van der Waals surface area contributed by atoms with Crippen LogP contribution in [0.5, 0.6) is 5.75 Å². The Hall–Kier alpha value is -2.67. The third kappa shape index (κ3) is 6.68. The first-order valence-electron chi connectivity index (χ1n) is 8.70. The SMILES string of the molecule is COc1cccc(CCNc2ncc(C(=O)NCCCN(C)C)cn2)c1. The van der Waals surface area contributed by atoms with E-state index in [0.717, 1.165) is 25.1 Å². The summed E-state index contributed by atoms with van der Waals surface area (Å²) in [6.07, 6.45) is 4.82. The summed E-state index contributed by atoms with van der Waals surface area (Å²) in [7, 11) is 5.68. The number of benzene rings is 1. The average molecular weight is 357 g/mol. The molecule has 0 unspecified atom stereocenters. The van der Waals surface area contributed by atoms with Gasteiger partial charge in [-0.2, -0.15) is 0 Å². The van der Waals surface area contributed by atoms with E-state index in [9.17, 15) is 4.79 Å². The fourth-order valence-corrected chi connectivity index (χ4v) is 2.38. The molecule has 1 amide bonds.